The highest BCUT2D eigenvalue weighted by Gasteiger charge is 2.13. The molecule has 16 heavy (non-hydrogen) atoms. The lowest BCUT2D eigenvalue weighted by Gasteiger charge is -2.11. The Hall–Kier alpha value is -1.77. The summed E-state index contributed by atoms with van der Waals surface area (Å²) >= 11 is 0. The molecule has 1 N–H and O–H groups in total. The molecule has 1 aliphatic rings. The zero-order chi connectivity index (χ0) is 11.0. The summed E-state index contributed by atoms with van der Waals surface area (Å²) in [4.78, 5) is 4.61. The van der Waals surface area contributed by atoms with Gasteiger partial charge in [0.1, 0.15) is 11.6 Å². The third-order valence-electron chi connectivity index (χ3n) is 3.05. The van der Waals surface area contributed by atoms with Gasteiger partial charge in [0, 0.05) is 24.7 Å². The van der Waals surface area contributed by atoms with Crippen LogP contribution in [0.25, 0.3) is 11.3 Å². The summed E-state index contributed by atoms with van der Waals surface area (Å²) in [5, 5.41) is 9.44. The van der Waals surface area contributed by atoms with Crippen LogP contribution in [0.5, 0.6) is 5.75 Å². The molecule has 2 aromatic rings. The number of aromatic nitrogens is 2. The zero-order valence-electron chi connectivity index (χ0n) is 9.06. The summed E-state index contributed by atoms with van der Waals surface area (Å²) in [6.45, 7) is 1.07. The van der Waals surface area contributed by atoms with Crippen molar-refractivity contribution in [3.05, 3.63) is 36.3 Å². The van der Waals surface area contributed by atoms with E-state index in [0.717, 1.165) is 24.2 Å². The second kappa shape index (κ2) is 3.67. The molecule has 0 aliphatic carbocycles. The van der Waals surface area contributed by atoms with Crippen LogP contribution >= 0.6 is 0 Å². The molecule has 0 atom stereocenters. The van der Waals surface area contributed by atoms with Gasteiger partial charge >= 0.3 is 0 Å². The minimum atomic E-state index is 0.295. The molecule has 3 rings (SSSR count). The summed E-state index contributed by atoms with van der Waals surface area (Å²) in [5.41, 5.74) is 1.95. The molecule has 1 aromatic carbocycles. The highest BCUT2D eigenvalue weighted by atomic mass is 16.3. The molecule has 0 saturated carbocycles. The summed E-state index contributed by atoms with van der Waals surface area (Å²) in [6.07, 6.45) is 5.63. The van der Waals surface area contributed by atoms with E-state index in [1.165, 1.54) is 18.7 Å². The molecular formula is C13H14N2O. The van der Waals surface area contributed by atoms with Crippen molar-refractivity contribution in [1.29, 1.82) is 0 Å². The third-order valence-corrected chi connectivity index (χ3v) is 3.05. The van der Waals surface area contributed by atoms with Crippen molar-refractivity contribution in [2.24, 2.45) is 0 Å². The van der Waals surface area contributed by atoms with Crippen LogP contribution in [0.1, 0.15) is 18.7 Å². The van der Waals surface area contributed by atoms with E-state index in [1.807, 2.05) is 12.1 Å². The Labute approximate surface area is 94.4 Å². The Balaban J connectivity index is 2.03. The second-order valence-electron chi connectivity index (χ2n) is 4.24. The fourth-order valence-electron chi connectivity index (χ4n) is 2.22. The van der Waals surface area contributed by atoms with Crippen molar-refractivity contribution in [3.8, 4) is 17.0 Å². The van der Waals surface area contributed by atoms with E-state index < -0.39 is 0 Å². The minimum absolute atomic E-state index is 0.295. The number of hydrogen-bond donors (Lipinski definition) is 1. The van der Waals surface area contributed by atoms with Gasteiger partial charge in [0.05, 0.1) is 5.69 Å². The molecule has 3 heteroatoms. The van der Waals surface area contributed by atoms with Crippen LogP contribution in [-0.2, 0) is 13.0 Å². The first kappa shape index (κ1) is 9.46. The summed E-state index contributed by atoms with van der Waals surface area (Å²) < 4.78 is 2.23. The molecule has 3 nitrogen and oxygen atoms in total. The van der Waals surface area contributed by atoms with Crippen molar-refractivity contribution >= 4 is 0 Å². The molecule has 0 amide bonds. The third kappa shape index (κ3) is 1.58. The van der Waals surface area contributed by atoms with E-state index in [0.29, 0.717) is 5.75 Å². The van der Waals surface area contributed by atoms with E-state index in [1.54, 1.807) is 12.1 Å². The maximum atomic E-state index is 9.44. The number of benzene rings is 1. The van der Waals surface area contributed by atoms with Crippen LogP contribution in [0.4, 0.5) is 0 Å². The Kier molecular flexibility index (Phi) is 2.17. The minimum Gasteiger partial charge on any atom is -0.508 e. The molecule has 0 unspecified atom stereocenters. The van der Waals surface area contributed by atoms with E-state index in [2.05, 4.69) is 15.7 Å². The predicted molar refractivity (Wildman–Crippen MR) is 62.3 cm³/mol. The summed E-state index contributed by atoms with van der Waals surface area (Å²) in [6, 6.07) is 7.27. The van der Waals surface area contributed by atoms with Crippen molar-refractivity contribution in [3.63, 3.8) is 0 Å². The van der Waals surface area contributed by atoms with Gasteiger partial charge in [0.15, 0.2) is 0 Å². The quantitative estimate of drug-likeness (QED) is 0.792. The van der Waals surface area contributed by atoms with E-state index in [4.69, 9.17) is 0 Å². The van der Waals surface area contributed by atoms with Crippen LogP contribution in [-0.4, -0.2) is 14.7 Å². The maximum absolute atomic E-state index is 9.44. The number of phenols is 1. The van der Waals surface area contributed by atoms with Gasteiger partial charge in [-0.1, -0.05) is 12.1 Å². The van der Waals surface area contributed by atoms with Crippen LogP contribution in [0.3, 0.4) is 0 Å². The lowest BCUT2D eigenvalue weighted by molar-refractivity contribution is 0.475. The number of imidazole rings is 1. The number of hydrogen-bond acceptors (Lipinski definition) is 2. The van der Waals surface area contributed by atoms with Crippen LogP contribution in [0.2, 0.25) is 0 Å². The topological polar surface area (TPSA) is 38.0 Å². The fraction of sp³-hybridized carbons (Fsp3) is 0.308. The molecule has 0 radical (unpaired) electrons. The summed E-state index contributed by atoms with van der Waals surface area (Å²) in [7, 11) is 0. The lowest BCUT2D eigenvalue weighted by atomic mass is 10.1. The molecule has 0 spiro atoms. The van der Waals surface area contributed by atoms with Gasteiger partial charge in [-0.15, -0.1) is 0 Å². The smallest absolute Gasteiger partial charge is 0.116 e. The molecule has 0 saturated heterocycles. The molecule has 2 heterocycles. The molecular weight excluding hydrogens is 200 g/mol. The molecule has 1 aromatic heterocycles. The Bertz CT molecular complexity index is 493. The number of aromatic hydroxyl groups is 1. The Morgan fingerprint density at radius 1 is 1.25 bits per heavy atom. The van der Waals surface area contributed by atoms with Crippen molar-refractivity contribution in [2.75, 3.05) is 0 Å². The first-order valence-corrected chi connectivity index (χ1v) is 5.68. The SMILES string of the molecule is Oc1cccc(-c2cn3c(n2)CCCC3)c1. The van der Waals surface area contributed by atoms with Gasteiger partial charge in [-0.3, -0.25) is 0 Å². The van der Waals surface area contributed by atoms with Gasteiger partial charge in [-0.05, 0) is 25.0 Å². The predicted octanol–water partition coefficient (Wildman–Crippen LogP) is 2.59. The van der Waals surface area contributed by atoms with Crippen molar-refractivity contribution < 1.29 is 5.11 Å². The zero-order valence-corrected chi connectivity index (χ0v) is 9.06. The monoisotopic (exact) mass is 214 g/mol. The number of nitrogens with zero attached hydrogens (tertiary/aromatic N) is 2. The standard InChI is InChI=1S/C13H14N2O/c16-11-5-3-4-10(8-11)12-9-15-7-2-1-6-13(15)14-12/h3-5,8-9,16H,1-2,6-7H2. The van der Waals surface area contributed by atoms with Gasteiger partial charge in [0.25, 0.3) is 0 Å². The van der Waals surface area contributed by atoms with Crippen molar-refractivity contribution in [1.82, 2.24) is 9.55 Å². The summed E-state index contributed by atoms with van der Waals surface area (Å²) in [5.74, 6) is 1.47. The molecule has 0 bridgehead atoms. The number of phenolic OH excluding ortho intramolecular Hbond substituents is 1. The van der Waals surface area contributed by atoms with Crippen LogP contribution < -0.4 is 0 Å². The number of aryl methyl sites for hydroxylation is 2. The van der Waals surface area contributed by atoms with E-state index in [9.17, 15) is 5.11 Å². The van der Waals surface area contributed by atoms with Crippen LogP contribution in [0, 0.1) is 0 Å². The van der Waals surface area contributed by atoms with E-state index >= 15 is 0 Å². The van der Waals surface area contributed by atoms with Gasteiger partial charge < -0.3 is 9.67 Å². The second-order valence-corrected chi connectivity index (χ2v) is 4.24. The first-order chi connectivity index (χ1) is 7.83. The van der Waals surface area contributed by atoms with E-state index in [-0.39, 0.29) is 0 Å². The fourth-order valence-corrected chi connectivity index (χ4v) is 2.22. The molecule has 1 aliphatic heterocycles. The molecule has 82 valence electrons. The number of fused-ring (bicyclic) bond motifs is 1. The van der Waals surface area contributed by atoms with Crippen LogP contribution in [0.15, 0.2) is 30.5 Å². The van der Waals surface area contributed by atoms with Crippen molar-refractivity contribution in [2.45, 2.75) is 25.8 Å². The maximum Gasteiger partial charge on any atom is 0.116 e. The lowest BCUT2D eigenvalue weighted by Crippen LogP contribution is -2.08. The average molecular weight is 214 g/mol. The van der Waals surface area contributed by atoms with Gasteiger partial charge in [0.2, 0.25) is 0 Å². The normalized spacial score (nSPS) is 14.8. The Morgan fingerprint density at radius 3 is 3.00 bits per heavy atom. The first-order valence-electron chi connectivity index (χ1n) is 5.68. The number of rotatable bonds is 1. The average Bonchev–Trinajstić information content (AvgIpc) is 2.72. The van der Waals surface area contributed by atoms with Gasteiger partial charge in [-0.2, -0.15) is 0 Å². The Morgan fingerprint density at radius 2 is 2.19 bits per heavy atom. The highest BCUT2D eigenvalue weighted by Crippen LogP contribution is 2.24. The largest absolute Gasteiger partial charge is 0.508 e. The van der Waals surface area contributed by atoms with Gasteiger partial charge in [-0.25, -0.2) is 4.98 Å². The molecule has 0 fully saturated rings. The highest BCUT2D eigenvalue weighted by molar-refractivity contribution is 5.60.